The van der Waals surface area contributed by atoms with Crippen LogP contribution in [0.5, 0.6) is 0 Å². The van der Waals surface area contributed by atoms with Crippen molar-refractivity contribution in [3.8, 4) is 73.3 Å². The number of aromatic nitrogens is 5. The minimum absolute atomic E-state index is 0.604. The highest BCUT2D eigenvalue weighted by Gasteiger charge is 2.23. The molecule has 7 aromatic carbocycles. The first kappa shape index (κ1) is 36.9. The molecule has 12 rings (SSSR count). The van der Waals surface area contributed by atoms with Gasteiger partial charge in [0, 0.05) is 50.6 Å². The molecule has 0 aliphatic heterocycles. The van der Waals surface area contributed by atoms with E-state index in [4.69, 9.17) is 15.0 Å². The molecule has 0 aliphatic rings. The summed E-state index contributed by atoms with van der Waals surface area (Å²) in [5, 5.41) is 14.4. The third-order valence-electron chi connectivity index (χ3n) is 12.4. The van der Waals surface area contributed by atoms with Crippen LogP contribution in [-0.2, 0) is 0 Å². The van der Waals surface area contributed by atoms with Crippen molar-refractivity contribution in [1.82, 2.24) is 24.1 Å². The maximum absolute atomic E-state index is 9.86. The molecule has 0 fully saturated rings. The van der Waals surface area contributed by atoms with Gasteiger partial charge in [-0.15, -0.1) is 0 Å². The second-order valence-corrected chi connectivity index (χ2v) is 16.0. The van der Waals surface area contributed by atoms with Crippen molar-refractivity contribution in [1.29, 1.82) is 5.26 Å². The normalized spacial score (nSPS) is 11.4. The number of benzene rings is 7. The fourth-order valence-electron chi connectivity index (χ4n) is 9.36. The van der Waals surface area contributed by atoms with E-state index in [-0.39, 0.29) is 0 Å². The molecule has 0 saturated carbocycles. The zero-order valence-electron chi connectivity index (χ0n) is 34.5. The molecular weight excluding hydrogens is 781 g/mol. The summed E-state index contributed by atoms with van der Waals surface area (Å²) in [7, 11) is 0. The van der Waals surface area contributed by atoms with Crippen molar-refractivity contribution in [2.45, 2.75) is 0 Å². The van der Waals surface area contributed by atoms with Gasteiger partial charge in [0.25, 0.3) is 0 Å². The van der Waals surface area contributed by atoms with Crippen LogP contribution in [-0.4, -0.2) is 24.1 Å². The van der Waals surface area contributed by atoms with Crippen LogP contribution in [0.3, 0.4) is 0 Å². The van der Waals surface area contributed by atoms with Crippen LogP contribution < -0.4 is 0 Å². The summed E-state index contributed by atoms with van der Waals surface area (Å²) in [6, 6.07) is 70.0. The van der Waals surface area contributed by atoms with Crippen molar-refractivity contribution < 1.29 is 0 Å². The molecule has 6 nitrogen and oxygen atoms in total. The lowest BCUT2D eigenvalue weighted by Crippen LogP contribution is -2.05. The summed E-state index contributed by atoms with van der Waals surface area (Å²) in [5.74, 6) is 0. The predicted molar refractivity (Wildman–Crippen MR) is 260 cm³/mol. The van der Waals surface area contributed by atoms with E-state index in [1.54, 1.807) is 0 Å². The molecule has 0 aliphatic carbocycles. The smallest absolute Gasteiger partial charge is 0.0991 e. The van der Waals surface area contributed by atoms with Gasteiger partial charge in [0.1, 0.15) is 0 Å². The quantitative estimate of drug-likeness (QED) is 0.161. The number of nitriles is 1. The number of nitrogens with zero attached hydrogens (tertiary/aromatic N) is 6. The average Bonchev–Trinajstić information content (AvgIpc) is 3.89. The van der Waals surface area contributed by atoms with Gasteiger partial charge in [-0.3, -0.25) is 15.0 Å². The van der Waals surface area contributed by atoms with Crippen molar-refractivity contribution >= 4 is 43.6 Å². The summed E-state index contributed by atoms with van der Waals surface area (Å²) in [4.78, 5) is 14.5. The van der Waals surface area contributed by atoms with Crippen LogP contribution in [0.2, 0.25) is 0 Å². The fourth-order valence-corrected chi connectivity index (χ4v) is 9.36. The van der Waals surface area contributed by atoms with E-state index in [9.17, 15) is 5.26 Å². The van der Waals surface area contributed by atoms with Crippen LogP contribution in [0.15, 0.2) is 219 Å². The van der Waals surface area contributed by atoms with E-state index >= 15 is 0 Å². The molecule has 64 heavy (non-hydrogen) atoms. The van der Waals surface area contributed by atoms with E-state index in [1.165, 1.54) is 0 Å². The molecule has 0 spiro atoms. The molecule has 0 N–H and O–H groups in total. The first-order chi connectivity index (χ1) is 31.7. The Morgan fingerprint density at radius 2 is 0.781 bits per heavy atom. The molecule has 12 aromatic rings. The van der Waals surface area contributed by atoms with E-state index < -0.39 is 0 Å². The molecule has 6 heteroatoms. The molecule has 0 saturated heterocycles. The van der Waals surface area contributed by atoms with Crippen molar-refractivity contribution in [2.75, 3.05) is 0 Å². The zero-order valence-corrected chi connectivity index (χ0v) is 34.5. The lowest BCUT2D eigenvalue weighted by atomic mass is 10.0. The number of rotatable bonds is 7. The van der Waals surface area contributed by atoms with Gasteiger partial charge in [-0.1, -0.05) is 121 Å². The van der Waals surface area contributed by atoms with Crippen LogP contribution in [0, 0.1) is 11.3 Å². The van der Waals surface area contributed by atoms with Gasteiger partial charge in [0.2, 0.25) is 0 Å². The Morgan fingerprint density at radius 3 is 1.27 bits per heavy atom. The Labute approximate surface area is 369 Å². The van der Waals surface area contributed by atoms with Gasteiger partial charge in [0.15, 0.2) is 0 Å². The highest BCUT2D eigenvalue weighted by molar-refractivity contribution is 6.13. The van der Waals surface area contributed by atoms with Crippen molar-refractivity contribution in [2.24, 2.45) is 0 Å². The second-order valence-electron chi connectivity index (χ2n) is 16.0. The fraction of sp³-hybridized carbons (Fsp3) is 0. The highest BCUT2D eigenvalue weighted by Crippen LogP contribution is 2.43. The summed E-state index contributed by atoms with van der Waals surface area (Å²) >= 11 is 0. The van der Waals surface area contributed by atoms with E-state index in [0.29, 0.717) is 5.56 Å². The lowest BCUT2D eigenvalue weighted by Gasteiger charge is -2.19. The van der Waals surface area contributed by atoms with Crippen LogP contribution in [0.1, 0.15) is 5.56 Å². The summed E-state index contributed by atoms with van der Waals surface area (Å²) in [5.41, 5.74) is 17.2. The van der Waals surface area contributed by atoms with Gasteiger partial charge in [-0.2, -0.15) is 5.26 Å². The lowest BCUT2D eigenvalue weighted by molar-refractivity contribution is 1.09. The monoisotopic (exact) mass is 816 g/mol. The molecule has 5 aromatic heterocycles. The maximum Gasteiger partial charge on any atom is 0.0991 e. The molecular formula is C58H36N6. The number of para-hydroxylation sites is 2. The summed E-state index contributed by atoms with van der Waals surface area (Å²) < 4.78 is 4.69. The van der Waals surface area contributed by atoms with Gasteiger partial charge in [-0.25, -0.2) is 0 Å². The molecule has 0 amide bonds. The minimum Gasteiger partial charge on any atom is -0.307 e. The minimum atomic E-state index is 0.604. The van der Waals surface area contributed by atoms with Gasteiger partial charge < -0.3 is 9.13 Å². The molecule has 0 atom stereocenters. The first-order valence-corrected chi connectivity index (χ1v) is 21.3. The van der Waals surface area contributed by atoms with Crippen LogP contribution >= 0.6 is 0 Å². The molecule has 0 unspecified atom stereocenters. The van der Waals surface area contributed by atoms with Crippen molar-refractivity contribution in [3.63, 3.8) is 0 Å². The number of pyridine rings is 3. The Balaban J connectivity index is 1.08. The summed E-state index contributed by atoms with van der Waals surface area (Å²) in [6.45, 7) is 0. The Kier molecular flexibility index (Phi) is 8.77. The number of hydrogen-bond donors (Lipinski definition) is 0. The molecule has 5 heterocycles. The zero-order chi connectivity index (χ0) is 42.6. The average molecular weight is 817 g/mol. The molecule has 298 valence electrons. The van der Waals surface area contributed by atoms with Gasteiger partial charge in [-0.05, 0) is 101 Å². The van der Waals surface area contributed by atoms with Crippen LogP contribution in [0.4, 0.5) is 0 Å². The van der Waals surface area contributed by atoms with Gasteiger partial charge >= 0.3 is 0 Å². The predicted octanol–water partition coefficient (Wildman–Crippen LogP) is 14.3. The Hall–Kier alpha value is -8.92. The van der Waals surface area contributed by atoms with E-state index in [1.807, 2.05) is 73.3 Å². The molecule has 0 bridgehead atoms. The first-order valence-electron chi connectivity index (χ1n) is 21.3. The topological polar surface area (TPSA) is 72.3 Å². The SMILES string of the molecule is N#Cc1ccc(-c2c(-n3c4ccccc4c4cc(-c5ccnc(-c6ccccc6)c5)ccc43)cncc2-n2c3ccccc3c3cc(-c4ccnc(-c5ccccc5)c4)ccc32)cc1. The number of hydrogen-bond acceptors (Lipinski definition) is 4. The largest absolute Gasteiger partial charge is 0.307 e. The number of fused-ring (bicyclic) bond motifs is 6. The third kappa shape index (κ3) is 6.14. The summed E-state index contributed by atoms with van der Waals surface area (Å²) in [6.07, 6.45) is 7.74. The third-order valence-corrected chi connectivity index (χ3v) is 12.4. The van der Waals surface area contributed by atoms with Crippen molar-refractivity contribution in [3.05, 3.63) is 224 Å². The van der Waals surface area contributed by atoms with E-state index in [2.05, 4.69) is 161 Å². The van der Waals surface area contributed by atoms with Crippen LogP contribution in [0.25, 0.3) is 111 Å². The Morgan fingerprint density at radius 1 is 0.359 bits per heavy atom. The highest BCUT2D eigenvalue weighted by atomic mass is 15.0. The second kappa shape index (κ2) is 15.2. The maximum atomic E-state index is 9.86. The van der Waals surface area contributed by atoms with E-state index in [0.717, 1.165) is 111 Å². The standard InChI is InChI=1S/C58H36N6/c59-35-38-19-21-41(22-20-38)58-56(63-52-17-9-7-15-46(52)48-31-42(23-25-54(48)63)44-27-29-61-50(33-44)39-11-3-1-4-12-39)36-60-37-57(58)64-53-18-10-8-16-47(53)49-32-43(24-26-55(49)64)45-28-30-62-51(34-45)40-13-5-2-6-14-40/h1-34,36-37H. The Bertz CT molecular complexity index is 3560. The van der Waals surface area contributed by atoms with Gasteiger partial charge in [0.05, 0.1) is 68.9 Å². The molecule has 0 radical (unpaired) electrons.